The summed E-state index contributed by atoms with van der Waals surface area (Å²) in [7, 11) is 0. The molecule has 1 nitrogen and oxygen atoms in total. The predicted molar refractivity (Wildman–Crippen MR) is 56.2 cm³/mol. The molecule has 0 radical (unpaired) electrons. The quantitative estimate of drug-likeness (QED) is 0.663. The number of aryl methyl sites for hydroxylation is 2. The van der Waals surface area contributed by atoms with Gasteiger partial charge in [0, 0.05) is 5.39 Å². The first-order valence-corrected chi connectivity index (χ1v) is 4.84. The third kappa shape index (κ3) is 1.75. The minimum absolute atomic E-state index is 0.426. The monoisotopic (exact) mass is 225 g/mol. The average molecular weight is 225 g/mol. The lowest BCUT2D eigenvalue weighted by atomic mass is 10.1. The maximum Gasteiger partial charge on any atom is 0.433 e. The molecule has 0 fully saturated rings. The van der Waals surface area contributed by atoms with Gasteiger partial charge in [0.15, 0.2) is 0 Å². The molecule has 1 heterocycles. The fraction of sp³-hybridized carbons (Fsp3) is 0.250. The van der Waals surface area contributed by atoms with E-state index in [-0.39, 0.29) is 0 Å². The molecule has 0 saturated carbocycles. The fourth-order valence-electron chi connectivity index (χ4n) is 1.59. The number of fused-ring (bicyclic) bond motifs is 1. The van der Waals surface area contributed by atoms with Crippen LogP contribution in [0.5, 0.6) is 0 Å². The second-order valence-electron chi connectivity index (χ2n) is 3.77. The highest BCUT2D eigenvalue weighted by Crippen LogP contribution is 2.30. The largest absolute Gasteiger partial charge is 0.433 e. The van der Waals surface area contributed by atoms with Crippen molar-refractivity contribution < 1.29 is 13.2 Å². The third-order valence-electron chi connectivity index (χ3n) is 2.68. The molecule has 0 aliphatic rings. The number of aromatic nitrogens is 1. The van der Waals surface area contributed by atoms with Crippen LogP contribution in [0.15, 0.2) is 24.3 Å². The minimum atomic E-state index is -4.38. The summed E-state index contributed by atoms with van der Waals surface area (Å²) in [5, 5.41) is 0.733. The van der Waals surface area contributed by atoms with Crippen molar-refractivity contribution in [2.45, 2.75) is 20.0 Å². The lowest BCUT2D eigenvalue weighted by Gasteiger charge is -2.09. The van der Waals surface area contributed by atoms with E-state index in [0.29, 0.717) is 5.52 Å². The second kappa shape index (κ2) is 3.47. The van der Waals surface area contributed by atoms with E-state index in [4.69, 9.17) is 0 Å². The van der Waals surface area contributed by atoms with Crippen LogP contribution >= 0.6 is 0 Å². The Morgan fingerprint density at radius 1 is 1.00 bits per heavy atom. The molecule has 2 aromatic rings. The minimum Gasteiger partial charge on any atom is -0.243 e. The number of nitrogens with zero attached hydrogens (tertiary/aromatic N) is 1. The number of pyridine rings is 1. The van der Waals surface area contributed by atoms with Crippen molar-refractivity contribution in [3.63, 3.8) is 0 Å². The van der Waals surface area contributed by atoms with Gasteiger partial charge in [-0.15, -0.1) is 0 Å². The molecule has 0 saturated heterocycles. The number of rotatable bonds is 0. The summed E-state index contributed by atoms with van der Waals surface area (Å²) in [5.74, 6) is 0. The molecule has 16 heavy (non-hydrogen) atoms. The first kappa shape index (κ1) is 10.9. The van der Waals surface area contributed by atoms with Crippen LogP contribution < -0.4 is 0 Å². The molecule has 4 heteroatoms. The van der Waals surface area contributed by atoms with Gasteiger partial charge in [0.1, 0.15) is 5.69 Å². The van der Waals surface area contributed by atoms with E-state index in [1.165, 1.54) is 6.07 Å². The Morgan fingerprint density at radius 3 is 2.25 bits per heavy atom. The lowest BCUT2D eigenvalue weighted by molar-refractivity contribution is -0.140. The molecule has 0 atom stereocenters. The Labute approximate surface area is 90.9 Å². The van der Waals surface area contributed by atoms with E-state index in [0.717, 1.165) is 22.6 Å². The van der Waals surface area contributed by atoms with Crippen LogP contribution in [-0.4, -0.2) is 4.98 Å². The Kier molecular flexibility index (Phi) is 2.37. The zero-order valence-corrected chi connectivity index (χ0v) is 8.89. The summed E-state index contributed by atoms with van der Waals surface area (Å²) in [6, 6.07) is 6.13. The molecule has 0 spiro atoms. The molecule has 0 aliphatic heterocycles. The molecular weight excluding hydrogens is 215 g/mol. The van der Waals surface area contributed by atoms with Gasteiger partial charge in [-0.05, 0) is 31.0 Å². The van der Waals surface area contributed by atoms with Crippen molar-refractivity contribution in [1.29, 1.82) is 0 Å². The summed E-state index contributed by atoms with van der Waals surface area (Å²) in [4.78, 5) is 3.68. The molecule has 0 amide bonds. The number of benzene rings is 1. The van der Waals surface area contributed by atoms with Crippen molar-refractivity contribution in [3.05, 3.63) is 41.1 Å². The Balaban J connectivity index is 2.74. The van der Waals surface area contributed by atoms with Gasteiger partial charge in [-0.1, -0.05) is 18.2 Å². The first-order chi connectivity index (χ1) is 7.39. The van der Waals surface area contributed by atoms with Gasteiger partial charge in [-0.3, -0.25) is 0 Å². The van der Waals surface area contributed by atoms with Gasteiger partial charge >= 0.3 is 6.18 Å². The highest BCUT2D eigenvalue weighted by atomic mass is 19.4. The highest BCUT2D eigenvalue weighted by molar-refractivity contribution is 5.82. The molecule has 84 valence electrons. The standard InChI is InChI=1S/C12H10F3N/c1-7-3-4-9-5-6-10(12(13,14)15)16-11(9)8(7)2/h3-6H,1-2H3. The normalized spacial score (nSPS) is 12.1. The number of halogens is 3. The van der Waals surface area contributed by atoms with E-state index in [1.807, 2.05) is 13.0 Å². The molecule has 0 bridgehead atoms. The molecule has 0 N–H and O–H groups in total. The Hall–Kier alpha value is -1.58. The molecule has 1 aromatic heterocycles. The summed E-state index contributed by atoms with van der Waals surface area (Å²) in [5.41, 5.74) is 1.33. The van der Waals surface area contributed by atoms with Crippen LogP contribution in [0.2, 0.25) is 0 Å². The van der Waals surface area contributed by atoms with E-state index < -0.39 is 11.9 Å². The zero-order valence-electron chi connectivity index (χ0n) is 8.89. The van der Waals surface area contributed by atoms with Crippen molar-refractivity contribution >= 4 is 10.9 Å². The maximum atomic E-state index is 12.5. The van der Waals surface area contributed by atoms with Gasteiger partial charge < -0.3 is 0 Å². The number of hydrogen-bond donors (Lipinski definition) is 0. The molecule has 1 aromatic carbocycles. The maximum absolute atomic E-state index is 12.5. The van der Waals surface area contributed by atoms with Crippen molar-refractivity contribution in [3.8, 4) is 0 Å². The summed E-state index contributed by atoms with van der Waals surface area (Å²) < 4.78 is 37.5. The van der Waals surface area contributed by atoms with Gasteiger partial charge in [0.25, 0.3) is 0 Å². The topological polar surface area (TPSA) is 12.9 Å². The van der Waals surface area contributed by atoms with Crippen LogP contribution in [0.3, 0.4) is 0 Å². The van der Waals surface area contributed by atoms with Crippen molar-refractivity contribution in [2.24, 2.45) is 0 Å². The second-order valence-corrected chi connectivity index (χ2v) is 3.77. The van der Waals surface area contributed by atoms with E-state index in [1.54, 1.807) is 13.0 Å². The third-order valence-corrected chi connectivity index (χ3v) is 2.68. The van der Waals surface area contributed by atoms with Gasteiger partial charge in [-0.25, -0.2) is 4.98 Å². The van der Waals surface area contributed by atoms with Gasteiger partial charge in [0.2, 0.25) is 0 Å². The van der Waals surface area contributed by atoms with Crippen LogP contribution in [0.4, 0.5) is 13.2 Å². The molecule has 0 unspecified atom stereocenters. The van der Waals surface area contributed by atoms with Crippen LogP contribution in [0, 0.1) is 13.8 Å². The zero-order chi connectivity index (χ0) is 11.9. The van der Waals surface area contributed by atoms with Crippen LogP contribution in [0.25, 0.3) is 10.9 Å². The van der Waals surface area contributed by atoms with Gasteiger partial charge in [0.05, 0.1) is 5.52 Å². The lowest BCUT2D eigenvalue weighted by Crippen LogP contribution is -2.08. The Bertz CT molecular complexity index is 544. The summed E-state index contributed by atoms with van der Waals surface area (Å²) in [6.45, 7) is 3.64. The molecule has 0 aliphatic carbocycles. The van der Waals surface area contributed by atoms with Crippen LogP contribution in [0.1, 0.15) is 16.8 Å². The van der Waals surface area contributed by atoms with E-state index in [9.17, 15) is 13.2 Å². The summed E-state index contributed by atoms with van der Waals surface area (Å²) >= 11 is 0. The first-order valence-electron chi connectivity index (χ1n) is 4.84. The summed E-state index contributed by atoms with van der Waals surface area (Å²) in [6.07, 6.45) is -4.38. The van der Waals surface area contributed by atoms with Crippen molar-refractivity contribution in [1.82, 2.24) is 4.98 Å². The average Bonchev–Trinajstić information content (AvgIpc) is 2.22. The predicted octanol–water partition coefficient (Wildman–Crippen LogP) is 3.87. The highest BCUT2D eigenvalue weighted by Gasteiger charge is 2.32. The number of hydrogen-bond acceptors (Lipinski definition) is 1. The molecular formula is C12H10F3N. The van der Waals surface area contributed by atoms with Crippen LogP contribution in [-0.2, 0) is 6.18 Å². The van der Waals surface area contributed by atoms with Gasteiger partial charge in [-0.2, -0.15) is 13.2 Å². The van der Waals surface area contributed by atoms with E-state index in [2.05, 4.69) is 4.98 Å². The number of alkyl halides is 3. The smallest absolute Gasteiger partial charge is 0.243 e. The Morgan fingerprint density at radius 2 is 1.62 bits per heavy atom. The van der Waals surface area contributed by atoms with Crippen molar-refractivity contribution in [2.75, 3.05) is 0 Å². The van der Waals surface area contributed by atoms with E-state index >= 15 is 0 Å². The SMILES string of the molecule is Cc1ccc2ccc(C(F)(F)F)nc2c1C. The molecule has 2 rings (SSSR count). The fourth-order valence-corrected chi connectivity index (χ4v) is 1.59.